The second-order valence-electron chi connectivity index (χ2n) is 2.31. The average molecular weight is 235 g/mol. The van der Waals surface area contributed by atoms with E-state index in [2.05, 4.69) is 32.8 Å². The number of alkyl halides is 1. The fraction of sp³-hybridized carbons (Fsp3) is 0.200. The number of hydrogen-bond acceptors (Lipinski definition) is 2. The molecule has 0 aliphatic rings. The molecule has 0 radical (unpaired) electrons. The Morgan fingerprint density at radius 2 is 2.15 bits per heavy atom. The smallest absolute Gasteiger partial charge is 0.101 e. The Bertz CT molecular complexity index is 382. The van der Waals surface area contributed by atoms with Gasteiger partial charge in [0.25, 0.3) is 0 Å². The third kappa shape index (κ3) is 3.27. The van der Waals surface area contributed by atoms with Crippen LogP contribution in [0.5, 0.6) is 0 Å². The number of nitrogens with zero attached hydrogens (tertiary/aromatic N) is 2. The Morgan fingerprint density at radius 3 is 2.85 bits per heavy atom. The molecule has 1 rings (SSSR count). The predicted molar refractivity (Wildman–Crippen MR) is 54.2 cm³/mol. The van der Waals surface area contributed by atoms with Crippen molar-refractivity contribution in [1.82, 2.24) is 4.98 Å². The Morgan fingerprint density at radius 1 is 1.38 bits per heavy atom. The van der Waals surface area contributed by atoms with E-state index < -0.39 is 0 Å². The molecule has 0 aliphatic carbocycles. The zero-order chi connectivity index (χ0) is 9.52. The first kappa shape index (κ1) is 9.77. The molecule has 3 heteroatoms. The Kier molecular flexibility index (Phi) is 4.02. The topological polar surface area (TPSA) is 36.7 Å². The summed E-state index contributed by atoms with van der Waals surface area (Å²) in [6.45, 7) is 0. The molecule has 0 aromatic carbocycles. The van der Waals surface area contributed by atoms with Crippen LogP contribution in [0, 0.1) is 23.2 Å². The molecule has 0 N–H and O–H groups in total. The van der Waals surface area contributed by atoms with Gasteiger partial charge in [0.2, 0.25) is 0 Å². The lowest BCUT2D eigenvalue weighted by molar-refractivity contribution is 1.28. The molecule has 0 bridgehead atoms. The second kappa shape index (κ2) is 5.35. The van der Waals surface area contributed by atoms with Crippen molar-refractivity contribution in [3.05, 3.63) is 29.6 Å². The van der Waals surface area contributed by atoms with E-state index in [1.54, 1.807) is 12.3 Å². The summed E-state index contributed by atoms with van der Waals surface area (Å²) in [5.41, 5.74) is 1.34. The zero-order valence-electron chi connectivity index (χ0n) is 6.92. The molecule has 13 heavy (non-hydrogen) atoms. The summed E-state index contributed by atoms with van der Waals surface area (Å²) in [5, 5.41) is 9.45. The molecular weight excluding hydrogens is 228 g/mol. The standard InChI is InChI=1S/C10H7BrN2/c11-4-2-1-3-9-5-10(6-12)8-13-7-9/h5,7-8H,2,4H2. The number of rotatable bonds is 1. The van der Waals surface area contributed by atoms with Crippen molar-refractivity contribution in [2.24, 2.45) is 0 Å². The molecule has 64 valence electrons. The maximum absolute atomic E-state index is 8.59. The molecule has 0 spiro atoms. The van der Waals surface area contributed by atoms with E-state index in [1.165, 1.54) is 6.20 Å². The number of aromatic nitrogens is 1. The minimum atomic E-state index is 0.547. The summed E-state index contributed by atoms with van der Waals surface area (Å²) < 4.78 is 0. The lowest BCUT2D eigenvalue weighted by atomic mass is 10.2. The van der Waals surface area contributed by atoms with Crippen LogP contribution in [0.4, 0.5) is 0 Å². The predicted octanol–water partition coefficient (Wildman–Crippen LogP) is 2.09. The minimum Gasteiger partial charge on any atom is -0.262 e. The highest BCUT2D eigenvalue weighted by Crippen LogP contribution is 1.99. The van der Waals surface area contributed by atoms with Crippen LogP contribution in [-0.2, 0) is 0 Å². The SMILES string of the molecule is N#Cc1cncc(C#CCCBr)c1. The van der Waals surface area contributed by atoms with Gasteiger partial charge in [-0.1, -0.05) is 27.8 Å². The maximum Gasteiger partial charge on any atom is 0.101 e. The Balaban J connectivity index is 2.81. The first-order chi connectivity index (χ1) is 6.36. The molecule has 0 aliphatic heterocycles. The molecule has 1 aromatic heterocycles. The molecular formula is C10H7BrN2. The fourth-order valence-electron chi connectivity index (χ4n) is 0.781. The van der Waals surface area contributed by atoms with Gasteiger partial charge in [-0.3, -0.25) is 4.98 Å². The third-order valence-corrected chi connectivity index (χ3v) is 1.72. The molecule has 1 heterocycles. The second-order valence-corrected chi connectivity index (χ2v) is 3.11. The number of halogens is 1. The van der Waals surface area contributed by atoms with Crippen LogP contribution in [0.3, 0.4) is 0 Å². The molecule has 1 aromatic rings. The lowest BCUT2D eigenvalue weighted by Gasteiger charge is -1.89. The number of pyridine rings is 1. The molecule has 0 unspecified atom stereocenters. The van der Waals surface area contributed by atoms with Crippen molar-refractivity contribution in [2.45, 2.75) is 6.42 Å². The quantitative estimate of drug-likeness (QED) is 0.552. The molecule has 0 fully saturated rings. The highest BCUT2D eigenvalue weighted by atomic mass is 79.9. The van der Waals surface area contributed by atoms with Gasteiger partial charge in [-0.2, -0.15) is 5.26 Å². The largest absolute Gasteiger partial charge is 0.262 e. The number of hydrogen-bond donors (Lipinski definition) is 0. The molecule has 2 nitrogen and oxygen atoms in total. The molecule has 0 atom stereocenters. The lowest BCUT2D eigenvalue weighted by Crippen LogP contribution is -1.81. The van der Waals surface area contributed by atoms with Crippen molar-refractivity contribution in [1.29, 1.82) is 5.26 Å². The van der Waals surface area contributed by atoms with Crippen LogP contribution in [-0.4, -0.2) is 10.3 Å². The normalized spacial score (nSPS) is 8.31. The van der Waals surface area contributed by atoms with Crippen molar-refractivity contribution in [3.63, 3.8) is 0 Å². The Labute approximate surface area is 85.7 Å². The van der Waals surface area contributed by atoms with Crippen molar-refractivity contribution < 1.29 is 0 Å². The maximum atomic E-state index is 8.59. The van der Waals surface area contributed by atoms with Crippen LogP contribution in [0.2, 0.25) is 0 Å². The highest BCUT2D eigenvalue weighted by molar-refractivity contribution is 9.09. The van der Waals surface area contributed by atoms with Gasteiger partial charge in [0, 0.05) is 29.7 Å². The van der Waals surface area contributed by atoms with Crippen molar-refractivity contribution in [2.75, 3.05) is 5.33 Å². The van der Waals surface area contributed by atoms with Gasteiger partial charge in [0.05, 0.1) is 5.56 Å². The van der Waals surface area contributed by atoms with Crippen LogP contribution < -0.4 is 0 Å². The Hall–Kier alpha value is -1.32. The first-order valence-electron chi connectivity index (χ1n) is 3.77. The third-order valence-electron chi connectivity index (χ3n) is 1.32. The van der Waals surface area contributed by atoms with Gasteiger partial charge in [-0.05, 0) is 6.07 Å². The molecule has 0 saturated heterocycles. The number of nitriles is 1. The van der Waals surface area contributed by atoms with E-state index in [4.69, 9.17) is 5.26 Å². The van der Waals surface area contributed by atoms with Gasteiger partial charge in [0.1, 0.15) is 6.07 Å². The van der Waals surface area contributed by atoms with Crippen LogP contribution in [0.1, 0.15) is 17.5 Å². The van der Waals surface area contributed by atoms with E-state index in [0.29, 0.717) is 5.56 Å². The van der Waals surface area contributed by atoms with E-state index in [1.807, 2.05) is 6.07 Å². The minimum absolute atomic E-state index is 0.547. The summed E-state index contributed by atoms with van der Waals surface area (Å²) in [6.07, 6.45) is 3.98. The fourth-order valence-corrected chi connectivity index (χ4v) is 0.979. The monoisotopic (exact) mass is 234 g/mol. The molecule has 0 saturated carbocycles. The first-order valence-corrected chi connectivity index (χ1v) is 4.89. The summed E-state index contributed by atoms with van der Waals surface area (Å²) in [5.74, 6) is 5.88. The zero-order valence-corrected chi connectivity index (χ0v) is 8.50. The van der Waals surface area contributed by atoms with Gasteiger partial charge in [-0.15, -0.1) is 0 Å². The average Bonchev–Trinajstić information content (AvgIpc) is 2.19. The van der Waals surface area contributed by atoms with Crippen LogP contribution in [0.15, 0.2) is 18.5 Å². The van der Waals surface area contributed by atoms with E-state index >= 15 is 0 Å². The van der Waals surface area contributed by atoms with Gasteiger partial charge in [-0.25, -0.2) is 0 Å². The molecule has 0 amide bonds. The highest BCUT2D eigenvalue weighted by Gasteiger charge is 1.90. The summed E-state index contributed by atoms with van der Waals surface area (Å²) >= 11 is 3.28. The van der Waals surface area contributed by atoms with Crippen molar-refractivity contribution >= 4 is 15.9 Å². The van der Waals surface area contributed by atoms with Crippen molar-refractivity contribution in [3.8, 4) is 17.9 Å². The van der Waals surface area contributed by atoms with E-state index in [-0.39, 0.29) is 0 Å². The van der Waals surface area contributed by atoms with Gasteiger partial charge < -0.3 is 0 Å². The van der Waals surface area contributed by atoms with Crippen LogP contribution in [0.25, 0.3) is 0 Å². The van der Waals surface area contributed by atoms with Gasteiger partial charge >= 0.3 is 0 Å². The summed E-state index contributed by atoms with van der Waals surface area (Å²) in [7, 11) is 0. The van der Waals surface area contributed by atoms with Crippen LogP contribution >= 0.6 is 15.9 Å². The summed E-state index contributed by atoms with van der Waals surface area (Å²) in [4.78, 5) is 3.90. The van der Waals surface area contributed by atoms with E-state index in [9.17, 15) is 0 Å². The van der Waals surface area contributed by atoms with E-state index in [0.717, 1.165) is 17.3 Å². The van der Waals surface area contributed by atoms with Gasteiger partial charge in [0.15, 0.2) is 0 Å². The summed E-state index contributed by atoms with van der Waals surface area (Å²) in [6, 6.07) is 3.75.